The average Bonchev–Trinajstić information content (AvgIpc) is 2.90. The van der Waals surface area contributed by atoms with Crippen LogP contribution in [-0.4, -0.2) is 18.1 Å². The monoisotopic (exact) mass is 555 g/mol. The van der Waals surface area contributed by atoms with Crippen LogP contribution >= 0.6 is 7.82 Å². The highest BCUT2D eigenvalue weighted by Gasteiger charge is 2.28. The molecule has 0 saturated heterocycles. The number of nitrogens with zero attached hydrogens (tertiary/aromatic N) is 1. The van der Waals surface area contributed by atoms with Gasteiger partial charge >= 0.3 is 7.82 Å². The predicted molar refractivity (Wildman–Crippen MR) is 157 cm³/mol. The highest BCUT2D eigenvalue weighted by Crippen LogP contribution is 2.50. The van der Waals surface area contributed by atoms with Gasteiger partial charge in [0, 0.05) is 12.1 Å². The van der Waals surface area contributed by atoms with Crippen molar-refractivity contribution in [2.45, 2.75) is 142 Å². The van der Waals surface area contributed by atoms with Gasteiger partial charge in [-0.15, -0.1) is 0 Å². The number of phosphoric acid groups is 1. The fourth-order valence-electron chi connectivity index (χ4n) is 4.38. The minimum atomic E-state index is -3.80. The van der Waals surface area contributed by atoms with E-state index < -0.39 is 12.7 Å². The van der Waals surface area contributed by atoms with Crippen molar-refractivity contribution >= 4 is 13.5 Å². The van der Waals surface area contributed by atoms with Crippen molar-refractivity contribution in [1.82, 2.24) is 0 Å². The molecular weight excluding hydrogens is 501 g/mol. The summed E-state index contributed by atoms with van der Waals surface area (Å²) in [7, 11) is -3.80. The first-order valence-corrected chi connectivity index (χ1v) is 16.8. The van der Waals surface area contributed by atoms with Gasteiger partial charge in [0.05, 0.1) is 18.1 Å². The fraction of sp³-hybridized carbons (Fsp3) is 0.800. The van der Waals surface area contributed by atoms with E-state index in [1.807, 2.05) is 0 Å². The molecule has 0 heterocycles. The van der Waals surface area contributed by atoms with E-state index in [0.717, 1.165) is 38.5 Å². The quantitative estimate of drug-likeness (QED) is 0.0464. The third kappa shape index (κ3) is 18.8. The number of nitro benzene ring substituents is 1. The molecule has 0 amide bonds. The van der Waals surface area contributed by atoms with Gasteiger partial charge in [-0.05, 0) is 25.0 Å². The van der Waals surface area contributed by atoms with E-state index >= 15 is 0 Å². The van der Waals surface area contributed by atoms with Crippen LogP contribution in [-0.2, 0) is 13.6 Å². The maximum Gasteiger partial charge on any atom is 0.530 e. The van der Waals surface area contributed by atoms with Crippen molar-refractivity contribution in [1.29, 1.82) is 0 Å². The zero-order chi connectivity index (χ0) is 27.7. The number of rotatable bonds is 27. The predicted octanol–water partition coefficient (Wildman–Crippen LogP) is 11.0. The number of benzene rings is 1. The average molecular weight is 556 g/mol. The minimum Gasteiger partial charge on any atom is -0.404 e. The van der Waals surface area contributed by atoms with E-state index in [1.165, 1.54) is 114 Å². The molecule has 0 fully saturated rings. The molecule has 0 atom stereocenters. The molecule has 0 aliphatic carbocycles. The van der Waals surface area contributed by atoms with Crippen molar-refractivity contribution in [3.63, 3.8) is 0 Å². The maximum atomic E-state index is 13.3. The van der Waals surface area contributed by atoms with E-state index in [9.17, 15) is 14.7 Å². The summed E-state index contributed by atoms with van der Waals surface area (Å²) in [5.74, 6) is 0.241. The molecule has 0 aliphatic heterocycles. The molecule has 8 heteroatoms. The largest absolute Gasteiger partial charge is 0.530 e. The molecule has 7 nitrogen and oxygen atoms in total. The molecule has 38 heavy (non-hydrogen) atoms. The van der Waals surface area contributed by atoms with Crippen LogP contribution in [0, 0.1) is 10.1 Å². The Bertz CT molecular complexity index is 713. The fourth-order valence-corrected chi connectivity index (χ4v) is 5.64. The molecule has 0 aromatic heterocycles. The van der Waals surface area contributed by atoms with Crippen molar-refractivity contribution < 1.29 is 23.1 Å². The number of nitro groups is 1. The lowest BCUT2D eigenvalue weighted by atomic mass is 10.1. The molecule has 0 N–H and O–H groups in total. The second-order valence-electron chi connectivity index (χ2n) is 10.3. The standard InChI is InChI=1S/C30H54NO6P/c1-3-5-7-9-11-13-15-17-19-21-27-35-38(34,37-30-25-23-29(24-26-30)31(32)33)36-28-22-20-18-16-14-12-10-8-6-4-2/h23-26H,3-22,27-28H2,1-2H3. The molecule has 1 rings (SSSR count). The topological polar surface area (TPSA) is 87.9 Å². The van der Waals surface area contributed by atoms with E-state index in [0.29, 0.717) is 13.2 Å². The molecule has 0 radical (unpaired) electrons. The van der Waals surface area contributed by atoms with Crippen LogP contribution < -0.4 is 4.52 Å². The van der Waals surface area contributed by atoms with Crippen LogP contribution in [0.5, 0.6) is 5.75 Å². The lowest BCUT2D eigenvalue weighted by molar-refractivity contribution is -0.384. The highest BCUT2D eigenvalue weighted by molar-refractivity contribution is 7.48. The summed E-state index contributed by atoms with van der Waals surface area (Å²) < 4.78 is 30.2. The summed E-state index contributed by atoms with van der Waals surface area (Å²) in [5.41, 5.74) is -0.0512. The van der Waals surface area contributed by atoms with Crippen LogP contribution in [0.15, 0.2) is 24.3 Å². The Hall–Kier alpha value is -1.43. The molecule has 0 unspecified atom stereocenters. The number of phosphoric ester groups is 1. The van der Waals surface area contributed by atoms with Gasteiger partial charge < -0.3 is 4.52 Å². The zero-order valence-electron chi connectivity index (χ0n) is 24.2. The van der Waals surface area contributed by atoms with Gasteiger partial charge in [-0.25, -0.2) is 4.57 Å². The van der Waals surface area contributed by atoms with E-state index in [-0.39, 0.29) is 11.4 Å². The van der Waals surface area contributed by atoms with Crippen molar-refractivity contribution in [3.8, 4) is 5.75 Å². The second kappa shape index (κ2) is 23.5. The molecule has 0 bridgehead atoms. The molecular formula is C30H54NO6P. The van der Waals surface area contributed by atoms with Gasteiger partial charge in [0.15, 0.2) is 0 Å². The molecule has 0 aliphatic rings. The van der Waals surface area contributed by atoms with E-state index in [2.05, 4.69) is 13.8 Å². The Morgan fingerprint density at radius 1 is 0.605 bits per heavy atom. The first kappa shape index (κ1) is 34.6. The lowest BCUT2D eigenvalue weighted by Gasteiger charge is -2.18. The molecule has 1 aromatic rings. The maximum absolute atomic E-state index is 13.3. The van der Waals surface area contributed by atoms with Gasteiger partial charge in [0.2, 0.25) is 0 Å². The Balaban J connectivity index is 2.35. The summed E-state index contributed by atoms with van der Waals surface area (Å²) in [6, 6.07) is 5.51. The van der Waals surface area contributed by atoms with Crippen LogP contribution in [0.3, 0.4) is 0 Å². The lowest BCUT2D eigenvalue weighted by Crippen LogP contribution is -2.05. The third-order valence-corrected chi connectivity index (χ3v) is 8.19. The van der Waals surface area contributed by atoms with Gasteiger partial charge in [0.1, 0.15) is 5.75 Å². The summed E-state index contributed by atoms with van der Waals surface area (Å²) in [6.07, 6.45) is 24.1. The molecule has 1 aromatic carbocycles. The second-order valence-corrected chi connectivity index (χ2v) is 11.9. The van der Waals surface area contributed by atoms with Crippen molar-refractivity contribution in [2.75, 3.05) is 13.2 Å². The Morgan fingerprint density at radius 3 is 1.29 bits per heavy atom. The summed E-state index contributed by atoms with van der Waals surface area (Å²) >= 11 is 0. The van der Waals surface area contributed by atoms with Gasteiger partial charge in [-0.3, -0.25) is 19.2 Å². The Kier molecular flexibility index (Phi) is 21.4. The van der Waals surface area contributed by atoms with Crippen LogP contribution in [0.1, 0.15) is 142 Å². The molecule has 0 spiro atoms. The van der Waals surface area contributed by atoms with E-state index in [4.69, 9.17) is 13.6 Å². The minimum absolute atomic E-state index is 0.0512. The van der Waals surface area contributed by atoms with Gasteiger partial charge in [-0.1, -0.05) is 129 Å². The summed E-state index contributed by atoms with van der Waals surface area (Å²) in [5, 5.41) is 10.9. The number of hydrogen-bond donors (Lipinski definition) is 0. The Morgan fingerprint density at radius 2 is 0.947 bits per heavy atom. The van der Waals surface area contributed by atoms with Crippen molar-refractivity contribution in [2.24, 2.45) is 0 Å². The zero-order valence-corrected chi connectivity index (χ0v) is 25.1. The normalized spacial score (nSPS) is 11.6. The third-order valence-electron chi connectivity index (χ3n) is 6.76. The van der Waals surface area contributed by atoms with Crippen LogP contribution in [0.4, 0.5) is 5.69 Å². The number of unbranched alkanes of at least 4 members (excludes halogenated alkanes) is 18. The van der Waals surface area contributed by atoms with E-state index in [1.54, 1.807) is 0 Å². The van der Waals surface area contributed by atoms with Gasteiger partial charge in [-0.2, -0.15) is 0 Å². The number of hydrogen-bond acceptors (Lipinski definition) is 6. The van der Waals surface area contributed by atoms with Gasteiger partial charge in [0.25, 0.3) is 5.69 Å². The Labute approximate surface area is 232 Å². The SMILES string of the molecule is CCCCCCCCCCCCOP(=O)(OCCCCCCCCCCCC)Oc1ccc([N+](=O)[O-])cc1. The van der Waals surface area contributed by atoms with Crippen molar-refractivity contribution in [3.05, 3.63) is 34.4 Å². The first-order valence-electron chi connectivity index (χ1n) is 15.3. The molecule has 220 valence electrons. The smallest absolute Gasteiger partial charge is 0.404 e. The summed E-state index contributed by atoms with van der Waals surface area (Å²) in [6.45, 7) is 5.08. The summed E-state index contributed by atoms with van der Waals surface area (Å²) in [4.78, 5) is 10.4. The number of non-ortho nitro benzene ring substituents is 1. The van der Waals surface area contributed by atoms with Crippen LogP contribution in [0.2, 0.25) is 0 Å². The van der Waals surface area contributed by atoms with Crippen LogP contribution in [0.25, 0.3) is 0 Å². The first-order chi connectivity index (χ1) is 18.5. The molecule has 0 saturated carbocycles. The highest BCUT2D eigenvalue weighted by atomic mass is 31.2.